The molecule has 1 rings (SSSR count). The fourth-order valence-corrected chi connectivity index (χ4v) is 0.997. The van der Waals surface area contributed by atoms with E-state index in [0.717, 1.165) is 0 Å². The number of ether oxygens (including phenoxy) is 1. The maximum atomic E-state index is 8.64. The third-order valence-corrected chi connectivity index (χ3v) is 1.81. The molecule has 0 fully saturated rings. The number of hydrogen-bond donors (Lipinski definition) is 0. The molecular formula is C8H7ClN2O. The highest BCUT2D eigenvalue weighted by atomic mass is 35.5. The Hall–Kier alpha value is -1.11. The summed E-state index contributed by atoms with van der Waals surface area (Å²) in [6.45, 7) is 0. The SMILES string of the molecule is CO[C@@H](Cl)c1cccnc1C#N. The van der Waals surface area contributed by atoms with Gasteiger partial charge >= 0.3 is 0 Å². The second kappa shape index (κ2) is 4.05. The first-order valence-electron chi connectivity index (χ1n) is 3.31. The number of rotatable bonds is 2. The molecule has 0 saturated heterocycles. The summed E-state index contributed by atoms with van der Waals surface area (Å²) in [5, 5.41) is 8.64. The van der Waals surface area contributed by atoms with Crippen LogP contribution in [0.4, 0.5) is 0 Å². The molecule has 0 aromatic carbocycles. The minimum Gasteiger partial charge on any atom is -0.361 e. The molecule has 0 spiro atoms. The van der Waals surface area contributed by atoms with Crippen LogP contribution < -0.4 is 0 Å². The van der Waals surface area contributed by atoms with Crippen LogP contribution in [0.2, 0.25) is 0 Å². The minimum absolute atomic E-state index is 0.305. The van der Waals surface area contributed by atoms with Gasteiger partial charge in [-0.25, -0.2) is 4.98 Å². The lowest BCUT2D eigenvalue weighted by atomic mass is 10.2. The summed E-state index contributed by atoms with van der Waals surface area (Å²) in [6.07, 6.45) is 1.54. The van der Waals surface area contributed by atoms with Crippen molar-refractivity contribution in [3.8, 4) is 6.07 Å². The average Bonchev–Trinajstić information content (AvgIpc) is 2.16. The average molecular weight is 183 g/mol. The van der Waals surface area contributed by atoms with Crippen molar-refractivity contribution in [1.82, 2.24) is 4.98 Å². The number of alkyl halides is 1. The zero-order chi connectivity index (χ0) is 8.97. The van der Waals surface area contributed by atoms with Crippen molar-refractivity contribution < 1.29 is 4.74 Å². The number of hydrogen-bond acceptors (Lipinski definition) is 3. The summed E-state index contributed by atoms with van der Waals surface area (Å²) in [7, 11) is 1.48. The van der Waals surface area contributed by atoms with E-state index in [0.29, 0.717) is 11.3 Å². The monoisotopic (exact) mass is 182 g/mol. The van der Waals surface area contributed by atoms with Gasteiger partial charge in [-0.15, -0.1) is 0 Å². The molecule has 1 atom stereocenters. The normalized spacial score (nSPS) is 12.1. The van der Waals surface area contributed by atoms with Crippen LogP contribution in [-0.4, -0.2) is 12.1 Å². The highest BCUT2D eigenvalue weighted by Gasteiger charge is 2.11. The molecule has 0 radical (unpaired) electrons. The molecule has 0 N–H and O–H groups in total. The summed E-state index contributed by atoms with van der Waals surface area (Å²) in [4.78, 5) is 3.84. The Labute approximate surface area is 75.6 Å². The Morgan fingerprint density at radius 3 is 3.08 bits per heavy atom. The topological polar surface area (TPSA) is 45.9 Å². The quantitative estimate of drug-likeness (QED) is 0.656. The van der Waals surface area contributed by atoms with E-state index in [1.165, 1.54) is 7.11 Å². The Kier molecular flexibility index (Phi) is 3.03. The first-order valence-corrected chi connectivity index (χ1v) is 3.75. The van der Waals surface area contributed by atoms with E-state index in [4.69, 9.17) is 21.6 Å². The maximum absolute atomic E-state index is 8.64. The number of nitrogens with zero attached hydrogens (tertiary/aromatic N) is 2. The van der Waals surface area contributed by atoms with E-state index in [1.807, 2.05) is 6.07 Å². The van der Waals surface area contributed by atoms with Crippen LogP contribution in [0.25, 0.3) is 0 Å². The molecule has 3 nitrogen and oxygen atoms in total. The van der Waals surface area contributed by atoms with Gasteiger partial charge in [-0.05, 0) is 6.07 Å². The van der Waals surface area contributed by atoms with Crippen LogP contribution in [-0.2, 0) is 4.74 Å². The number of pyridine rings is 1. The summed E-state index contributed by atoms with van der Waals surface area (Å²) < 4.78 is 4.85. The van der Waals surface area contributed by atoms with Crippen LogP contribution >= 0.6 is 11.6 Å². The third kappa shape index (κ3) is 1.73. The van der Waals surface area contributed by atoms with Gasteiger partial charge in [0.25, 0.3) is 0 Å². The van der Waals surface area contributed by atoms with E-state index in [1.54, 1.807) is 18.3 Å². The fourth-order valence-electron chi connectivity index (χ4n) is 0.821. The predicted octanol–water partition coefficient (Wildman–Crippen LogP) is 1.84. The summed E-state index contributed by atoms with van der Waals surface area (Å²) in [6, 6.07) is 5.36. The lowest BCUT2D eigenvalue weighted by Gasteiger charge is -2.07. The smallest absolute Gasteiger partial charge is 0.159 e. The van der Waals surface area contributed by atoms with Crippen LogP contribution in [0.1, 0.15) is 16.8 Å². The fraction of sp³-hybridized carbons (Fsp3) is 0.250. The van der Waals surface area contributed by atoms with Crippen molar-refractivity contribution in [3.63, 3.8) is 0 Å². The maximum Gasteiger partial charge on any atom is 0.159 e. The molecule has 0 bridgehead atoms. The van der Waals surface area contributed by atoms with Crippen LogP contribution in [0.3, 0.4) is 0 Å². The van der Waals surface area contributed by atoms with Crippen molar-refractivity contribution in [2.45, 2.75) is 5.56 Å². The van der Waals surface area contributed by atoms with E-state index < -0.39 is 5.56 Å². The molecule has 1 aromatic heterocycles. The van der Waals surface area contributed by atoms with Gasteiger partial charge in [0.2, 0.25) is 0 Å². The molecular weight excluding hydrogens is 176 g/mol. The van der Waals surface area contributed by atoms with E-state index in [-0.39, 0.29) is 0 Å². The van der Waals surface area contributed by atoms with Gasteiger partial charge < -0.3 is 4.74 Å². The number of halogens is 1. The first kappa shape index (κ1) is 8.98. The molecule has 0 aliphatic rings. The zero-order valence-corrected chi connectivity index (χ0v) is 7.25. The molecule has 1 aromatic rings. The first-order chi connectivity index (χ1) is 5.79. The molecule has 12 heavy (non-hydrogen) atoms. The molecule has 0 aliphatic carbocycles. The van der Waals surface area contributed by atoms with Gasteiger partial charge in [0, 0.05) is 18.9 Å². The van der Waals surface area contributed by atoms with Gasteiger partial charge in [-0.3, -0.25) is 0 Å². The molecule has 0 unspecified atom stereocenters. The third-order valence-electron chi connectivity index (χ3n) is 1.40. The molecule has 1 heterocycles. The Balaban J connectivity index is 3.07. The molecule has 62 valence electrons. The lowest BCUT2D eigenvalue weighted by Crippen LogP contribution is -1.98. The van der Waals surface area contributed by atoms with Crippen molar-refractivity contribution in [2.24, 2.45) is 0 Å². The standard InChI is InChI=1S/C8H7ClN2O/c1-12-8(9)6-3-2-4-11-7(6)5-10/h2-4,8H,1H3/t8-/m1/s1. The van der Waals surface area contributed by atoms with E-state index in [2.05, 4.69) is 4.98 Å². The summed E-state index contributed by atoms with van der Waals surface area (Å²) in [5.41, 5.74) is 0.303. The minimum atomic E-state index is -0.603. The molecule has 0 amide bonds. The number of nitriles is 1. The van der Waals surface area contributed by atoms with Gasteiger partial charge in [-0.1, -0.05) is 17.7 Å². The van der Waals surface area contributed by atoms with Gasteiger partial charge in [0.15, 0.2) is 5.56 Å². The zero-order valence-electron chi connectivity index (χ0n) is 6.49. The van der Waals surface area contributed by atoms with Crippen molar-refractivity contribution in [1.29, 1.82) is 5.26 Å². The number of aromatic nitrogens is 1. The van der Waals surface area contributed by atoms with Crippen LogP contribution in [0.5, 0.6) is 0 Å². The Morgan fingerprint density at radius 1 is 1.75 bits per heavy atom. The van der Waals surface area contributed by atoms with Gasteiger partial charge in [-0.2, -0.15) is 5.26 Å². The highest BCUT2D eigenvalue weighted by Crippen LogP contribution is 2.22. The van der Waals surface area contributed by atoms with Crippen LogP contribution in [0, 0.1) is 11.3 Å². The predicted molar refractivity (Wildman–Crippen MR) is 44.6 cm³/mol. The van der Waals surface area contributed by atoms with Gasteiger partial charge in [0.1, 0.15) is 11.8 Å². The van der Waals surface area contributed by atoms with Crippen molar-refractivity contribution >= 4 is 11.6 Å². The van der Waals surface area contributed by atoms with Gasteiger partial charge in [0.05, 0.1) is 0 Å². The molecule has 0 saturated carbocycles. The van der Waals surface area contributed by atoms with Crippen molar-refractivity contribution in [3.05, 3.63) is 29.6 Å². The molecule has 4 heteroatoms. The second-order valence-electron chi connectivity index (χ2n) is 2.10. The Morgan fingerprint density at radius 2 is 2.50 bits per heavy atom. The van der Waals surface area contributed by atoms with E-state index >= 15 is 0 Å². The summed E-state index contributed by atoms with van der Waals surface area (Å²) >= 11 is 5.76. The number of methoxy groups -OCH3 is 1. The Bertz CT molecular complexity index is 308. The summed E-state index contributed by atoms with van der Waals surface area (Å²) in [5.74, 6) is 0. The largest absolute Gasteiger partial charge is 0.361 e. The lowest BCUT2D eigenvalue weighted by molar-refractivity contribution is 0.169. The van der Waals surface area contributed by atoms with Crippen molar-refractivity contribution in [2.75, 3.05) is 7.11 Å². The second-order valence-corrected chi connectivity index (χ2v) is 2.50. The van der Waals surface area contributed by atoms with E-state index in [9.17, 15) is 0 Å². The molecule has 0 aliphatic heterocycles. The highest BCUT2D eigenvalue weighted by molar-refractivity contribution is 6.20. The van der Waals surface area contributed by atoms with Crippen LogP contribution in [0.15, 0.2) is 18.3 Å².